The lowest BCUT2D eigenvalue weighted by Gasteiger charge is -2.16. The van der Waals surface area contributed by atoms with E-state index in [-0.39, 0.29) is 5.91 Å². The first-order valence-electron chi connectivity index (χ1n) is 6.21. The van der Waals surface area contributed by atoms with Crippen LogP contribution in [-0.4, -0.2) is 23.9 Å². The number of amides is 1. The zero-order valence-corrected chi connectivity index (χ0v) is 10.9. The standard InChI is InChI=1S/C15H15NOS/c17-15(14-7-9-18-11-14)16-8-6-13(10-16)12-4-2-1-3-5-12/h1-5,7,9,11,13H,6,8,10H2. The molecule has 1 unspecified atom stereocenters. The van der Waals surface area contributed by atoms with Crippen LogP contribution in [0.5, 0.6) is 0 Å². The number of likely N-dealkylation sites (tertiary alicyclic amines) is 1. The molecule has 0 saturated carbocycles. The molecule has 1 fully saturated rings. The Morgan fingerprint density at radius 3 is 2.78 bits per heavy atom. The van der Waals surface area contributed by atoms with E-state index in [1.807, 2.05) is 27.8 Å². The van der Waals surface area contributed by atoms with Crippen molar-refractivity contribution < 1.29 is 4.79 Å². The summed E-state index contributed by atoms with van der Waals surface area (Å²) < 4.78 is 0. The number of thiophene rings is 1. The molecule has 1 aromatic carbocycles. The second-order valence-corrected chi connectivity index (χ2v) is 5.44. The van der Waals surface area contributed by atoms with Crippen molar-refractivity contribution in [1.82, 2.24) is 4.90 Å². The van der Waals surface area contributed by atoms with Gasteiger partial charge in [0.05, 0.1) is 5.56 Å². The van der Waals surface area contributed by atoms with Gasteiger partial charge in [-0.3, -0.25) is 4.79 Å². The third-order valence-electron chi connectivity index (χ3n) is 3.51. The zero-order chi connectivity index (χ0) is 12.4. The Balaban J connectivity index is 1.71. The molecule has 1 aliphatic rings. The van der Waals surface area contributed by atoms with Gasteiger partial charge in [0.2, 0.25) is 0 Å². The molecule has 1 aliphatic heterocycles. The van der Waals surface area contributed by atoms with Crippen LogP contribution >= 0.6 is 11.3 Å². The normalized spacial score (nSPS) is 19.1. The van der Waals surface area contributed by atoms with Crippen molar-refractivity contribution in [2.24, 2.45) is 0 Å². The highest BCUT2D eigenvalue weighted by atomic mass is 32.1. The second-order valence-electron chi connectivity index (χ2n) is 4.66. The average molecular weight is 257 g/mol. The molecule has 1 amide bonds. The number of benzene rings is 1. The number of carbonyl (C=O) groups is 1. The van der Waals surface area contributed by atoms with Crippen LogP contribution in [0.2, 0.25) is 0 Å². The average Bonchev–Trinajstić information content (AvgIpc) is 3.10. The summed E-state index contributed by atoms with van der Waals surface area (Å²) in [4.78, 5) is 14.2. The van der Waals surface area contributed by atoms with Gasteiger partial charge >= 0.3 is 0 Å². The van der Waals surface area contributed by atoms with Crippen LogP contribution in [0.3, 0.4) is 0 Å². The SMILES string of the molecule is O=C(c1ccsc1)N1CCC(c2ccccc2)C1. The highest BCUT2D eigenvalue weighted by molar-refractivity contribution is 7.08. The van der Waals surface area contributed by atoms with Crippen LogP contribution in [0.25, 0.3) is 0 Å². The largest absolute Gasteiger partial charge is 0.338 e. The van der Waals surface area contributed by atoms with Crippen LogP contribution < -0.4 is 0 Å². The minimum atomic E-state index is 0.176. The van der Waals surface area contributed by atoms with E-state index >= 15 is 0 Å². The Labute approximate surface area is 111 Å². The number of hydrogen-bond acceptors (Lipinski definition) is 2. The Bertz CT molecular complexity index is 521. The van der Waals surface area contributed by atoms with E-state index in [2.05, 4.69) is 24.3 Å². The molecule has 3 rings (SSSR count). The van der Waals surface area contributed by atoms with Gasteiger partial charge in [0, 0.05) is 24.4 Å². The van der Waals surface area contributed by atoms with Crippen molar-refractivity contribution in [3.05, 3.63) is 58.3 Å². The molecule has 0 bridgehead atoms. The van der Waals surface area contributed by atoms with Gasteiger partial charge in [-0.2, -0.15) is 11.3 Å². The predicted octanol–water partition coefficient (Wildman–Crippen LogP) is 3.38. The van der Waals surface area contributed by atoms with Crippen molar-refractivity contribution in [2.75, 3.05) is 13.1 Å². The Morgan fingerprint density at radius 2 is 2.06 bits per heavy atom. The molecule has 1 saturated heterocycles. The molecule has 2 nitrogen and oxygen atoms in total. The van der Waals surface area contributed by atoms with E-state index in [1.54, 1.807) is 11.3 Å². The Hall–Kier alpha value is -1.61. The van der Waals surface area contributed by atoms with Crippen molar-refractivity contribution in [1.29, 1.82) is 0 Å². The van der Waals surface area contributed by atoms with Gasteiger partial charge in [-0.1, -0.05) is 30.3 Å². The number of rotatable bonds is 2. The molecule has 0 aliphatic carbocycles. The maximum Gasteiger partial charge on any atom is 0.254 e. The van der Waals surface area contributed by atoms with E-state index in [0.29, 0.717) is 5.92 Å². The van der Waals surface area contributed by atoms with Crippen molar-refractivity contribution in [3.8, 4) is 0 Å². The molecule has 18 heavy (non-hydrogen) atoms. The van der Waals surface area contributed by atoms with Crippen LogP contribution in [-0.2, 0) is 0 Å². The van der Waals surface area contributed by atoms with Crippen molar-refractivity contribution in [2.45, 2.75) is 12.3 Å². The van der Waals surface area contributed by atoms with E-state index in [1.165, 1.54) is 5.56 Å². The van der Waals surface area contributed by atoms with Crippen LogP contribution in [0.15, 0.2) is 47.2 Å². The third kappa shape index (κ3) is 2.18. The first-order valence-corrected chi connectivity index (χ1v) is 7.15. The highest BCUT2D eigenvalue weighted by Gasteiger charge is 2.27. The Morgan fingerprint density at radius 1 is 1.22 bits per heavy atom. The molecule has 1 aromatic heterocycles. The summed E-state index contributed by atoms with van der Waals surface area (Å²) in [5, 5.41) is 3.89. The maximum absolute atomic E-state index is 12.2. The third-order valence-corrected chi connectivity index (χ3v) is 4.20. The number of nitrogens with zero attached hydrogens (tertiary/aromatic N) is 1. The summed E-state index contributed by atoms with van der Waals surface area (Å²) in [7, 11) is 0. The first kappa shape index (κ1) is 11.5. The van der Waals surface area contributed by atoms with Gasteiger partial charge in [-0.25, -0.2) is 0 Å². The fourth-order valence-corrected chi connectivity index (χ4v) is 3.14. The summed E-state index contributed by atoms with van der Waals surface area (Å²) in [6.45, 7) is 1.72. The summed E-state index contributed by atoms with van der Waals surface area (Å²) >= 11 is 1.58. The van der Waals surface area contributed by atoms with Gasteiger partial charge in [0.15, 0.2) is 0 Å². The summed E-state index contributed by atoms with van der Waals surface area (Å²) in [5.41, 5.74) is 2.17. The predicted molar refractivity (Wildman–Crippen MR) is 74.0 cm³/mol. The monoisotopic (exact) mass is 257 g/mol. The van der Waals surface area contributed by atoms with Crippen LogP contribution in [0.4, 0.5) is 0 Å². The molecule has 0 spiro atoms. The molecule has 2 heterocycles. The van der Waals surface area contributed by atoms with Gasteiger partial charge in [0.1, 0.15) is 0 Å². The molecule has 0 N–H and O–H groups in total. The van der Waals surface area contributed by atoms with Gasteiger partial charge in [-0.15, -0.1) is 0 Å². The lowest BCUT2D eigenvalue weighted by molar-refractivity contribution is 0.0791. The van der Waals surface area contributed by atoms with E-state index < -0.39 is 0 Å². The lowest BCUT2D eigenvalue weighted by atomic mass is 9.99. The molecule has 1 atom stereocenters. The first-order chi connectivity index (χ1) is 8.84. The maximum atomic E-state index is 12.2. The molecule has 3 heteroatoms. The Kier molecular flexibility index (Phi) is 3.15. The minimum absolute atomic E-state index is 0.176. The zero-order valence-electron chi connectivity index (χ0n) is 10.1. The fourth-order valence-electron chi connectivity index (χ4n) is 2.51. The molecule has 92 valence electrons. The van der Waals surface area contributed by atoms with E-state index in [4.69, 9.17) is 0 Å². The summed E-state index contributed by atoms with van der Waals surface area (Å²) in [5.74, 6) is 0.670. The fraction of sp³-hybridized carbons (Fsp3) is 0.267. The van der Waals surface area contributed by atoms with Gasteiger partial charge in [0.25, 0.3) is 5.91 Å². The number of hydrogen-bond donors (Lipinski definition) is 0. The molecule has 2 aromatic rings. The molecular formula is C15H15NOS. The minimum Gasteiger partial charge on any atom is -0.338 e. The lowest BCUT2D eigenvalue weighted by Crippen LogP contribution is -2.28. The highest BCUT2D eigenvalue weighted by Crippen LogP contribution is 2.28. The second kappa shape index (κ2) is 4.94. The topological polar surface area (TPSA) is 20.3 Å². The van der Waals surface area contributed by atoms with Gasteiger partial charge in [-0.05, 0) is 23.4 Å². The van der Waals surface area contributed by atoms with E-state index in [9.17, 15) is 4.79 Å². The van der Waals surface area contributed by atoms with Gasteiger partial charge < -0.3 is 4.90 Å². The molecule has 0 radical (unpaired) electrons. The summed E-state index contributed by atoms with van der Waals surface area (Å²) in [6.07, 6.45) is 1.07. The quantitative estimate of drug-likeness (QED) is 0.807. The summed E-state index contributed by atoms with van der Waals surface area (Å²) in [6, 6.07) is 12.4. The van der Waals surface area contributed by atoms with Crippen molar-refractivity contribution >= 4 is 17.2 Å². The van der Waals surface area contributed by atoms with Crippen LogP contribution in [0, 0.1) is 0 Å². The smallest absolute Gasteiger partial charge is 0.254 e. The molecular weight excluding hydrogens is 242 g/mol. The van der Waals surface area contributed by atoms with E-state index in [0.717, 1.165) is 25.1 Å². The van der Waals surface area contributed by atoms with Crippen LogP contribution in [0.1, 0.15) is 28.3 Å². The van der Waals surface area contributed by atoms with Crippen molar-refractivity contribution in [3.63, 3.8) is 0 Å². The number of carbonyl (C=O) groups excluding carboxylic acids is 1.